The summed E-state index contributed by atoms with van der Waals surface area (Å²) in [4.78, 5) is 12.7. The van der Waals surface area contributed by atoms with Crippen LogP contribution in [0.15, 0.2) is 12.2 Å². The first-order valence-electron chi connectivity index (χ1n) is 10.1. The zero-order valence-corrected chi connectivity index (χ0v) is 15.8. The highest BCUT2D eigenvalue weighted by Crippen LogP contribution is 2.32. The van der Waals surface area contributed by atoms with Gasteiger partial charge in [0.05, 0.1) is 12.0 Å². The van der Waals surface area contributed by atoms with E-state index < -0.39 is 0 Å². The van der Waals surface area contributed by atoms with Crippen molar-refractivity contribution in [3.05, 3.63) is 12.2 Å². The van der Waals surface area contributed by atoms with E-state index in [1.807, 2.05) is 19.1 Å². The van der Waals surface area contributed by atoms with E-state index in [-0.39, 0.29) is 30.2 Å². The molecule has 2 rings (SSSR count). The van der Waals surface area contributed by atoms with Crippen LogP contribution >= 0.6 is 0 Å². The highest BCUT2D eigenvalue weighted by atomic mass is 16.7. The van der Waals surface area contributed by atoms with Crippen molar-refractivity contribution in [2.75, 3.05) is 0 Å². The first kappa shape index (κ1) is 19.5. The Morgan fingerprint density at radius 3 is 2.08 bits per heavy atom. The summed E-state index contributed by atoms with van der Waals surface area (Å²) >= 11 is 0. The van der Waals surface area contributed by atoms with Crippen molar-refractivity contribution in [2.45, 2.75) is 97.4 Å². The van der Waals surface area contributed by atoms with Crippen molar-refractivity contribution < 1.29 is 14.3 Å². The molecule has 2 unspecified atom stereocenters. The number of carbonyl (C=O) groups is 1. The Hall–Kier alpha value is -0.830. The smallest absolute Gasteiger partial charge is 0.315 e. The van der Waals surface area contributed by atoms with E-state index in [0.29, 0.717) is 5.92 Å². The highest BCUT2D eigenvalue weighted by Gasteiger charge is 2.33. The monoisotopic (exact) mass is 336 g/mol. The number of carbonyl (C=O) groups excluding carboxylic acids is 1. The molecule has 0 spiro atoms. The molecule has 3 heteroatoms. The van der Waals surface area contributed by atoms with Gasteiger partial charge in [-0.2, -0.15) is 0 Å². The van der Waals surface area contributed by atoms with Gasteiger partial charge in [0.15, 0.2) is 0 Å². The first-order valence-corrected chi connectivity index (χ1v) is 10.1. The van der Waals surface area contributed by atoms with Gasteiger partial charge in [0, 0.05) is 5.92 Å². The summed E-state index contributed by atoms with van der Waals surface area (Å²) in [5, 5.41) is 0. The fourth-order valence-electron chi connectivity index (χ4n) is 4.01. The van der Waals surface area contributed by atoms with E-state index in [9.17, 15) is 4.79 Å². The molecule has 2 aliphatic carbocycles. The summed E-state index contributed by atoms with van der Waals surface area (Å²) in [7, 11) is 0. The predicted octanol–water partition coefficient (Wildman–Crippen LogP) is 5.63. The Morgan fingerprint density at radius 2 is 1.54 bits per heavy atom. The lowest BCUT2D eigenvalue weighted by atomic mass is 9.88. The van der Waals surface area contributed by atoms with Gasteiger partial charge in [-0.1, -0.05) is 64.5 Å². The lowest BCUT2D eigenvalue weighted by Gasteiger charge is -2.34. The molecule has 2 atom stereocenters. The maximum Gasteiger partial charge on any atom is 0.315 e. The second-order valence-electron chi connectivity index (χ2n) is 7.90. The van der Waals surface area contributed by atoms with Crippen LogP contribution in [0.2, 0.25) is 0 Å². The molecule has 0 aromatic heterocycles. The summed E-state index contributed by atoms with van der Waals surface area (Å²) < 4.78 is 12.3. The molecule has 0 aromatic rings. The molecule has 2 fully saturated rings. The van der Waals surface area contributed by atoms with Gasteiger partial charge >= 0.3 is 5.97 Å². The number of hydrogen-bond acceptors (Lipinski definition) is 3. The molecule has 2 saturated carbocycles. The molecule has 0 aliphatic heterocycles. The van der Waals surface area contributed by atoms with Crippen LogP contribution < -0.4 is 0 Å². The van der Waals surface area contributed by atoms with Crippen LogP contribution in [0.1, 0.15) is 85.0 Å². The third kappa shape index (κ3) is 5.91. The van der Waals surface area contributed by atoms with Gasteiger partial charge in [-0.25, -0.2) is 0 Å². The third-order valence-electron chi connectivity index (χ3n) is 5.54. The zero-order valence-electron chi connectivity index (χ0n) is 15.8. The van der Waals surface area contributed by atoms with E-state index in [4.69, 9.17) is 9.47 Å². The van der Waals surface area contributed by atoms with Crippen LogP contribution in [0.25, 0.3) is 0 Å². The van der Waals surface area contributed by atoms with E-state index in [2.05, 4.69) is 13.8 Å². The van der Waals surface area contributed by atoms with E-state index in [1.54, 1.807) is 0 Å². The average Bonchev–Trinajstić information content (AvgIpc) is 2.60. The quantitative estimate of drug-likeness (QED) is 0.343. The normalized spacial score (nSPS) is 23.5. The van der Waals surface area contributed by atoms with Crippen LogP contribution in [0.5, 0.6) is 0 Å². The van der Waals surface area contributed by atoms with Crippen LogP contribution in [0.3, 0.4) is 0 Å². The number of ether oxygens (including phenoxy) is 2. The molecule has 0 radical (unpaired) electrons. The molecule has 0 amide bonds. The molecular formula is C21H36O3. The van der Waals surface area contributed by atoms with E-state index >= 15 is 0 Å². The van der Waals surface area contributed by atoms with Gasteiger partial charge in [-0.05, 0) is 38.5 Å². The fraction of sp³-hybridized carbons (Fsp3) is 0.857. The molecule has 3 nitrogen and oxygen atoms in total. The topological polar surface area (TPSA) is 35.5 Å². The predicted molar refractivity (Wildman–Crippen MR) is 97.6 cm³/mol. The summed E-state index contributed by atoms with van der Waals surface area (Å²) in [6.07, 6.45) is 15.9. The molecule has 24 heavy (non-hydrogen) atoms. The van der Waals surface area contributed by atoms with Gasteiger partial charge < -0.3 is 9.47 Å². The minimum atomic E-state index is -0.340. The van der Waals surface area contributed by atoms with Crippen LogP contribution in [0.4, 0.5) is 0 Å². The Labute approximate surface area is 148 Å². The van der Waals surface area contributed by atoms with Crippen molar-refractivity contribution in [3.8, 4) is 0 Å². The number of allylic oxidation sites excluding steroid dienone is 1. The van der Waals surface area contributed by atoms with Crippen molar-refractivity contribution >= 4 is 5.97 Å². The standard InChI is InChI=1S/C21H36O3/c1-4-11-19(16(2)3)20(22)24-21(17-12-7-5-8-13-17)23-18-14-9-6-10-15-18/h4,11,16-19,21H,5-10,12-15H2,1-3H3/b11-4+. The number of esters is 1. The summed E-state index contributed by atoms with van der Waals surface area (Å²) in [5.41, 5.74) is 0. The lowest BCUT2D eigenvalue weighted by molar-refractivity contribution is -0.214. The molecular weight excluding hydrogens is 300 g/mol. The third-order valence-corrected chi connectivity index (χ3v) is 5.54. The van der Waals surface area contributed by atoms with Crippen molar-refractivity contribution in [2.24, 2.45) is 17.8 Å². The van der Waals surface area contributed by atoms with Gasteiger partial charge in [-0.15, -0.1) is 0 Å². The largest absolute Gasteiger partial charge is 0.435 e. The van der Waals surface area contributed by atoms with Gasteiger partial charge in [0.1, 0.15) is 0 Å². The molecule has 0 bridgehead atoms. The van der Waals surface area contributed by atoms with Crippen molar-refractivity contribution in [3.63, 3.8) is 0 Å². The van der Waals surface area contributed by atoms with Crippen molar-refractivity contribution in [1.29, 1.82) is 0 Å². The van der Waals surface area contributed by atoms with E-state index in [1.165, 1.54) is 38.5 Å². The molecule has 0 saturated heterocycles. The molecule has 138 valence electrons. The van der Waals surface area contributed by atoms with Crippen molar-refractivity contribution in [1.82, 2.24) is 0 Å². The molecule has 0 aromatic carbocycles. The SMILES string of the molecule is C/C=C/C(C(=O)OC(OC1CCCCC1)C1CCCCC1)C(C)C. The van der Waals surface area contributed by atoms with E-state index in [0.717, 1.165) is 25.7 Å². The summed E-state index contributed by atoms with van der Waals surface area (Å²) in [6, 6.07) is 0. The second-order valence-corrected chi connectivity index (χ2v) is 7.90. The number of hydrogen-bond donors (Lipinski definition) is 0. The Balaban J connectivity index is 2.01. The zero-order chi connectivity index (χ0) is 17.4. The average molecular weight is 337 g/mol. The Morgan fingerprint density at radius 1 is 0.958 bits per heavy atom. The maximum absolute atomic E-state index is 12.7. The Kier molecular flexibility index (Phi) is 8.31. The Bertz CT molecular complexity index is 390. The van der Waals surface area contributed by atoms with Gasteiger partial charge in [0.2, 0.25) is 6.29 Å². The lowest BCUT2D eigenvalue weighted by Crippen LogP contribution is -2.37. The highest BCUT2D eigenvalue weighted by molar-refractivity contribution is 5.74. The van der Waals surface area contributed by atoms with Gasteiger partial charge in [0.25, 0.3) is 0 Å². The van der Waals surface area contributed by atoms with Crippen LogP contribution in [0, 0.1) is 17.8 Å². The molecule has 2 aliphatic rings. The fourth-order valence-corrected chi connectivity index (χ4v) is 4.01. The van der Waals surface area contributed by atoms with Crippen LogP contribution in [-0.2, 0) is 14.3 Å². The second kappa shape index (κ2) is 10.2. The number of rotatable bonds is 7. The van der Waals surface area contributed by atoms with Crippen LogP contribution in [-0.4, -0.2) is 18.4 Å². The molecule has 0 N–H and O–H groups in total. The summed E-state index contributed by atoms with van der Waals surface area (Å²) in [6.45, 7) is 6.10. The first-order chi connectivity index (χ1) is 11.6. The minimum absolute atomic E-state index is 0.116. The minimum Gasteiger partial charge on any atom is -0.435 e. The van der Waals surface area contributed by atoms with Gasteiger partial charge in [-0.3, -0.25) is 4.79 Å². The summed E-state index contributed by atoms with van der Waals surface area (Å²) in [5.74, 6) is 0.337. The molecule has 0 heterocycles. The maximum atomic E-state index is 12.7.